The first-order valence-electron chi connectivity index (χ1n) is 9.43. The van der Waals surface area contributed by atoms with Crippen molar-refractivity contribution in [2.24, 2.45) is 5.92 Å². The summed E-state index contributed by atoms with van der Waals surface area (Å²) < 4.78 is 5.53. The summed E-state index contributed by atoms with van der Waals surface area (Å²) >= 11 is 0. The van der Waals surface area contributed by atoms with Crippen LogP contribution in [0.5, 0.6) is 0 Å². The van der Waals surface area contributed by atoms with Crippen molar-refractivity contribution in [3.05, 3.63) is 53.4 Å². The van der Waals surface area contributed by atoms with E-state index in [-0.39, 0.29) is 5.57 Å². The third-order valence-electron chi connectivity index (χ3n) is 4.94. The van der Waals surface area contributed by atoms with Gasteiger partial charge in [-0.25, -0.2) is 4.79 Å². The Morgan fingerprint density at radius 3 is 2.30 bits per heavy atom. The van der Waals surface area contributed by atoms with Gasteiger partial charge < -0.3 is 4.74 Å². The Morgan fingerprint density at radius 1 is 1.15 bits per heavy atom. The van der Waals surface area contributed by atoms with Gasteiger partial charge in [0.1, 0.15) is 11.6 Å². The van der Waals surface area contributed by atoms with E-state index in [2.05, 4.69) is 29.9 Å². The third kappa shape index (κ3) is 3.75. The molecular formula is C22H23N3O2. The smallest absolute Gasteiger partial charge is 0.349 e. The molecule has 2 aromatic rings. The van der Waals surface area contributed by atoms with E-state index in [1.165, 1.54) is 0 Å². The zero-order chi connectivity index (χ0) is 19.2. The average Bonchev–Trinajstić information content (AvgIpc) is 3.04. The van der Waals surface area contributed by atoms with E-state index in [0.717, 1.165) is 36.8 Å². The number of pyridine rings is 2. The number of aromatic nitrogens is 2. The molecule has 0 N–H and O–H groups in total. The summed E-state index contributed by atoms with van der Waals surface area (Å²) in [5.41, 5.74) is 3.46. The van der Waals surface area contributed by atoms with E-state index in [4.69, 9.17) is 4.74 Å². The third-order valence-corrected chi connectivity index (χ3v) is 4.94. The number of hydrogen-bond acceptors (Lipinski definition) is 5. The van der Waals surface area contributed by atoms with Crippen LogP contribution >= 0.6 is 0 Å². The number of hydrogen-bond donors (Lipinski definition) is 0. The summed E-state index contributed by atoms with van der Waals surface area (Å²) in [6, 6.07) is 9.37. The molecule has 27 heavy (non-hydrogen) atoms. The first-order chi connectivity index (χ1) is 13.2. The number of unbranched alkanes of at least 4 members (excludes halogenated alkanes) is 1. The van der Waals surface area contributed by atoms with Gasteiger partial charge in [0, 0.05) is 29.1 Å². The first kappa shape index (κ1) is 18.8. The predicted octanol–water partition coefficient (Wildman–Crippen LogP) is 4.54. The minimum atomic E-state index is -0.575. The molecule has 0 saturated carbocycles. The van der Waals surface area contributed by atoms with Gasteiger partial charge >= 0.3 is 5.97 Å². The van der Waals surface area contributed by atoms with Crippen LogP contribution in [0, 0.1) is 17.2 Å². The summed E-state index contributed by atoms with van der Waals surface area (Å²) in [6.07, 6.45) is 7.57. The van der Waals surface area contributed by atoms with Crippen molar-refractivity contribution >= 4 is 11.5 Å². The molecule has 0 aliphatic heterocycles. The highest BCUT2D eigenvalue weighted by Gasteiger charge is 2.31. The fraction of sp³-hybridized carbons (Fsp3) is 0.364. The van der Waals surface area contributed by atoms with Crippen LogP contribution in [0.4, 0.5) is 0 Å². The molecular weight excluding hydrogens is 338 g/mol. The molecule has 0 aromatic carbocycles. The van der Waals surface area contributed by atoms with Gasteiger partial charge in [-0.05, 0) is 24.5 Å². The second kappa shape index (κ2) is 8.59. The van der Waals surface area contributed by atoms with Crippen LogP contribution in [0.15, 0.2) is 42.2 Å². The van der Waals surface area contributed by atoms with Crippen LogP contribution in [0.25, 0.3) is 17.0 Å². The lowest BCUT2D eigenvalue weighted by molar-refractivity contribution is -0.139. The maximum atomic E-state index is 12.7. The lowest BCUT2D eigenvalue weighted by Crippen LogP contribution is -2.16. The summed E-state index contributed by atoms with van der Waals surface area (Å²) in [4.78, 5) is 21.5. The van der Waals surface area contributed by atoms with Crippen LogP contribution in [0.3, 0.4) is 0 Å². The normalized spacial score (nSPS) is 12.7. The minimum Gasteiger partial charge on any atom is -0.461 e. The molecule has 138 valence electrons. The van der Waals surface area contributed by atoms with Gasteiger partial charge in [0.05, 0.1) is 18.0 Å². The monoisotopic (exact) mass is 361 g/mol. The molecule has 2 heterocycles. The summed E-state index contributed by atoms with van der Waals surface area (Å²) in [6.45, 7) is 4.58. The fourth-order valence-corrected chi connectivity index (χ4v) is 3.37. The van der Waals surface area contributed by atoms with E-state index < -0.39 is 5.97 Å². The van der Waals surface area contributed by atoms with Crippen molar-refractivity contribution in [3.63, 3.8) is 0 Å². The van der Waals surface area contributed by atoms with Gasteiger partial charge in [-0.2, -0.15) is 5.26 Å². The Balaban J connectivity index is 1.93. The number of ether oxygens (including phenoxy) is 1. The molecule has 1 aliphatic carbocycles. The van der Waals surface area contributed by atoms with E-state index in [0.29, 0.717) is 29.5 Å². The van der Waals surface area contributed by atoms with Crippen molar-refractivity contribution in [1.29, 1.82) is 5.26 Å². The molecule has 0 radical (unpaired) electrons. The molecule has 3 rings (SSSR count). The van der Waals surface area contributed by atoms with Crippen LogP contribution < -0.4 is 0 Å². The molecule has 0 bridgehead atoms. The average molecular weight is 361 g/mol. The summed E-state index contributed by atoms with van der Waals surface area (Å²) in [5, 5.41) is 9.72. The molecule has 0 saturated heterocycles. The Hall–Kier alpha value is -3.00. The van der Waals surface area contributed by atoms with Crippen molar-refractivity contribution in [2.75, 3.05) is 6.61 Å². The Bertz CT molecular complexity index is 864. The highest BCUT2D eigenvalue weighted by Crippen LogP contribution is 2.43. The van der Waals surface area contributed by atoms with Crippen LogP contribution in [-0.2, 0) is 9.53 Å². The molecule has 1 unspecified atom stereocenters. The number of nitrogens with zero attached hydrogens (tertiary/aromatic N) is 3. The molecule has 5 nitrogen and oxygen atoms in total. The number of nitriles is 1. The standard InChI is InChI=1S/C22H23N3O2/c1-3-5-8-15(4-2)14-27-22(26)18(13-23)19-16-9-6-11-24-20(16)21-17(19)10-7-12-25-21/h6-7,9-12,15H,3-5,8,14H2,1-2H3. The largest absolute Gasteiger partial charge is 0.461 e. The van der Waals surface area contributed by atoms with Gasteiger partial charge in [0.15, 0.2) is 0 Å². The second-order valence-corrected chi connectivity index (χ2v) is 6.68. The lowest BCUT2D eigenvalue weighted by Gasteiger charge is -2.15. The Labute approximate surface area is 159 Å². The number of esters is 1. The van der Waals surface area contributed by atoms with Gasteiger partial charge in [-0.3, -0.25) is 9.97 Å². The van der Waals surface area contributed by atoms with Gasteiger partial charge in [-0.15, -0.1) is 0 Å². The highest BCUT2D eigenvalue weighted by molar-refractivity contribution is 6.11. The summed E-state index contributed by atoms with van der Waals surface area (Å²) in [5.74, 6) is -0.251. The van der Waals surface area contributed by atoms with Crippen molar-refractivity contribution in [2.45, 2.75) is 39.5 Å². The molecule has 0 fully saturated rings. The molecule has 2 aromatic heterocycles. The number of carbonyl (C=O) groups is 1. The van der Waals surface area contributed by atoms with Crippen LogP contribution in [0.1, 0.15) is 50.7 Å². The molecule has 0 spiro atoms. The number of rotatable bonds is 7. The fourth-order valence-electron chi connectivity index (χ4n) is 3.37. The van der Waals surface area contributed by atoms with E-state index in [1.807, 2.05) is 12.1 Å². The quantitative estimate of drug-likeness (QED) is 0.351. The second-order valence-electron chi connectivity index (χ2n) is 6.68. The zero-order valence-electron chi connectivity index (χ0n) is 15.7. The van der Waals surface area contributed by atoms with Gasteiger partial charge in [-0.1, -0.05) is 45.2 Å². The minimum absolute atomic E-state index is 0.0151. The van der Waals surface area contributed by atoms with Crippen molar-refractivity contribution in [3.8, 4) is 17.5 Å². The predicted molar refractivity (Wildman–Crippen MR) is 103 cm³/mol. The van der Waals surface area contributed by atoms with E-state index in [1.54, 1.807) is 24.5 Å². The lowest BCUT2D eigenvalue weighted by atomic mass is 9.99. The van der Waals surface area contributed by atoms with Gasteiger partial charge in [0.25, 0.3) is 0 Å². The van der Waals surface area contributed by atoms with E-state index >= 15 is 0 Å². The highest BCUT2D eigenvalue weighted by atomic mass is 16.5. The maximum absolute atomic E-state index is 12.7. The topological polar surface area (TPSA) is 75.9 Å². The number of carbonyl (C=O) groups excluding carboxylic acids is 1. The molecule has 0 amide bonds. The Morgan fingerprint density at radius 2 is 1.78 bits per heavy atom. The van der Waals surface area contributed by atoms with Gasteiger partial charge in [0.2, 0.25) is 0 Å². The summed E-state index contributed by atoms with van der Waals surface area (Å²) in [7, 11) is 0. The molecule has 1 aliphatic rings. The first-order valence-corrected chi connectivity index (χ1v) is 9.43. The zero-order valence-corrected chi connectivity index (χ0v) is 15.7. The maximum Gasteiger partial charge on any atom is 0.349 e. The van der Waals surface area contributed by atoms with E-state index in [9.17, 15) is 10.1 Å². The Kier molecular flexibility index (Phi) is 5.97. The van der Waals surface area contributed by atoms with Crippen LogP contribution in [-0.4, -0.2) is 22.5 Å². The molecule has 1 atom stereocenters. The SMILES string of the molecule is CCCCC(CC)COC(=O)C(C#N)=C1c2cccnc2-c2ncccc21. The molecule has 5 heteroatoms. The van der Waals surface area contributed by atoms with Crippen LogP contribution in [0.2, 0.25) is 0 Å². The van der Waals surface area contributed by atoms with Crippen molar-refractivity contribution in [1.82, 2.24) is 9.97 Å². The van der Waals surface area contributed by atoms with Crippen molar-refractivity contribution < 1.29 is 9.53 Å². The number of fused-ring (bicyclic) bond motifs is 3.